The van der Waals surface area contributed by atoms with E-state index in [4.69, 9.17) is 10.8 Å². The van der Waals surface area contributed by atoms with Crippen LogP contribution in [0.4, 0.5) is 0 Å². The van der Waals surface area contributed by atoms with Gasteiger partial charge in [0.2, 0.25) is 0 Å². The highest BCUT2D eigenvalue weighted by atomic mass is 16.4. The predicted octanol–water partition coefficient (Wildman–Crippen LogP) is 2.79. The van der Waals surface area contributed by atoms with Crippen LogP contribution >= 0.6 is 0 Å². The Balaban J connectivity index is 1.74. The first-order chi connectivity index (χ1) is 11.9. The minimum Gasteiger partial charge on any atom is -0.481 e. The topological polar surface area (TPSA) is 101 Å². The van der Waals surface area contributed by atoms with E-state index in [1.807, 2.05) is 54.6 Å². The summed E-state index contributed by atoms with van der Waals surface area (Å²) in [5.74, 6) is -3.23. The Labute approximate surface area is 146 Å². The molecule has 130 valence electrons. The van der Waals surface area contributed by atoms with Gasteiger partial charge in [0.05, 0.1) is 5.92 Å². The maximum absolute atomic E-state index is 11.7. The van der Waals surface area contributed by atoms with Crippen LogP contribution in [0.15, 0.2) is 54.6 Å². The van der Waals surface area contributed by atoms with Crippen LogP contribution in [-0.4, -0.2) is 27.7 Å². The Morgan fingerprint density at radius 2 is 1.72 bits per heavy atom. The first kappa shape index (κ1) is 17.2. The van der Waals surface area contributed by atoms with Gasteiger partial charge in [0.1, 0.15) is 5.54 Å². The Morgan fingerprint density at radius 3 is 2.32 bits per heavy atom. The minimum atomic E-state index is -1.49. The van der Waals surface area contributed by atoms with Gasteiger partial charge in [-0.3, -0.25) is 9.59 Å². The maximum Gasteiger partial charge on any atom is 0.324 e. The van der Waals surface area contributed by atoms with Crippen LogP contribution in [0, 0.1) is 11.8 Å². The first-order valence-corrected chi connectivity index (χ1v) is 8.31. The summed E-state index contributed by atoms with van der Waals surface area (Å²) in [7, 11) is 0. The van der Waals surface area contributed by atoms with Crippen LogP contribution in [0.3, 0.4) is 0 Å². The highest BCUT2D eigenvalue weighted by molar-refractivity contribution is 5.83. The molecule has 0 heterocycles. The normalized spacial score (nSPS) is 21.3. The summed E-state index contributed by atoms with van der Waals surface area (Å²) in [6, 6.07) is 17.8. The molecule has 1 aliphatic carbocycles. The van der Waals surface area contributed by atoms with Gasteiger partial charge < -0.3 is 15.9 Å². The zero-order valence-corrected chi connectivity index (χ0v) is 13.8. The number of hydrogen-bond donors (Lipinski definition) is 3. The lowest BCUT2D eigenvalue weighted by atomic mass is 9.86. The lowest BCUT2D eigenvalue weighted by molar-refractivity contribution is -0.145. The predicted molar refractivity (Wildman–Crippen MR) is 94.0 cm³/mol. The second-order valence-corrected chi connectivity index (χ2v) is 6.70. The number of rotatable bonds is 7. The van der Waals surface area contributed by atoms with Crippen molar-refractivity contribution < 1.29 is 19.8 Å². The van der Waals surface area contributed by atoms with E-state index in [0.29, 0.717) is 12.8 Å². The molecule has 1 saturated carbocycles. The van der Waals surface area contributed by atoms with Gasteiger partial charge in [0.15, 0.2) is 0 Å². The third-order valence-corrected chi connectivity index (χ3v) is 5.03. The Hall–Kier alpha value is -2.66. The number of aliphatic carboxylic acids is 2. The number of carboxylic acid groups (broad SMARTS) is 2. The van der Waals surface area contributed by atoms with Crippen LogP contribution in [0.1, 0.15) is 18.4 Å². The molecule has 4 N–H and O–H groups in total. The lowest BCUT2D eigenvalue weighted by Gasteiger charge is -2.25. The van der Waals surface area contributed by atoms with Crippen molar-refractivity contribution in [1.82, 2.24) is 0 Å². The summed E-state index contributed by atoms with van der Waals surface area (Å²) in [6.45, 7) is 0. The lowest BCUT2D eigenvalue weighted by Crippen LogP contribution is -2.51. The van der Waals surface area contributed by atoms with Crippen molar-refractivity contribution in [3.05, 3.63) is 60.2 Å². The third-order valence-electron chi connectivity index (χ3n) is 5.03. The molecule has 0 amide bonds. The van der Waals surface area contributed by atoms with E-state index in [9.17, 15) is 14.7 Å². The minimum absolute atomic E-state index is 0.217. The van der Waals surface area contributed by atoms with Crippen molar-refractivity contribution in [1.29, 1.82) is 0 Å². The van der Waals surface area contributed by atoms with Crippen LogP contribution in [0.2, 0.25) is 0 Å². The second-order valence-electron chi connectivity index (χ2n) is 6.70. The SMILES string of the molecule is NC(CCc1cccc(-c2ccccc2)c1)(C(=O)O)[C@H]1C[C@@H]1C(=O)O. The molecule has 3 atom stereocenters. The van der Waals surface area contributed by atoms with Gasteiger partial charge in [-0.2, -0.15) is 0 Å². The van der Waals surface area contributed by atoms with Crippen LogP contribution in [0.25, 0.3) is 11.1 Å². The van der Waals surface area contributed by atoms with E-state index in [1.165, 1.54) is 0 Å². The molecular weight excluding hydrogens is 318 g/mol. The molecule has 5 nitrogen and oxygen atoms in total. The van der Waals surface area contributed by atoms with E-state index in [2.05, 4.69) is 0 Å². The largest absolute Gasteiger partial charge is 0.481 e. The number of carbonyl (C=O) groups is 2. The standard InChI is InChI=1S/C20H21NO4/c21-20(19(24)25,17-12-16(17)18(22)23)10-9-13-5-4-8-15(11-13)14-6-2-1-3-7-14/h1-8,11,16-17H,9-10,12,21H2,(H,22,23)(H,24,25)/t16-,17-,20?/m0/s1. The van der Waals surface area contributed by atoms with Gasteiger partial charge in [-0.15, -0.1) is 0 Å². The molecule has 0 saturated heterocycles. The smallest absolute Gasteiger partial charge is 0.324 e. The van der Waals surface area contributed by atoms with E-state index in [-0.39, 0.29) is 6.42 Å². The zero-order valence-electron chi connectivity index (χ0n) is 13.8. The summed E-state index contributed by atoms with van der Waals surface area (Å²) in [5.41, 5.74) is 7.76. The van der Waals surface area contributed by atoms with Gasteiger partial charge in [-0.05, 0) is 36.0 Å². The molecule has 2 aromatic rings. The Kier molecular flexibility index (Phi) is 4.59. The van der Waals surface area contributed by atoms with Crippen molar-refractivity contribution in [3.8, 4) is 11.1 Å². The van der Waals surface area contributed by atoms with Crippen LogP contribution in [0.5, 0.6) is 0 Å². The van der Waals surface area contributed by atoms with Crippen LogP contribution in [-0.2, 0) is 16.0 Å². The molecule has 0 bridgehead atoms. The summed E-state index contributed by atoms with van der Waals surface area (Å²) in [4.78, 5) is 22.7. The van der Waals surface area contributed by atoms with Gasteiger partial charge in [0, 0.05) is 5.92 Å². The van der Waals surface area contributed by atoms with Crippen molar-refractivity contribution >= 4 is 11.9 Å². The number of carboxylic acids is 2. The number of benzene rings is 2. The monoisotopic (exact) mass is 339 g/mol. The van der Waals surface area contributed by atoms with Crippen LogP contribution < -0.4 is 5.73 Å². The molecular formula is C20H21NO4. The number of hydrogen-bond acceptors (Lipinski definition) is 3. The summed E-state index contributed by atoms with van der Waals surface area (Å²) in [6.07, 6.45) is 1.05. The summed E-state index contributed by atoms with van der Waals surface area (Å²) in [5, 5.41) is 18.6. The molecule has 0 radical (unpaired) electrons. The number of nitrogens with two attached hydrogens (primary N) is 1. The molecule has 0 aromatic heterocycles. The van der Waals surface area contributed by atoms with Crippen molar-refractivity contribution in [2.24, 2.45) is 17.6 Å². The fourth-order valence-corrected chi connectivity index (χ4v) is 3.38. The highest BCUT2D eigenvalue weighted by Gasteiger charge is 2.57. The van der Waals surface area contributed by atoms with E-state index < -0.39 is 29.3 Å². The molecule has 1 aliphatic rings. The van der Waals surface area contributed by atoms with E-state index in [0.717, 1.165) is 16.7 Å². The molecule has 5 heteroatoms. The average Bonchev–Trinajstić information content (AvgIpc) is 3.42. The van der Waals surface area contributed by atoms with Gasteiger partial charge in [0.25, 0.3) is 0 Å². The van der Waals surface area contributed by atoms with Crippen molar-refractivity contribution in [2.45, 2.75) is 24.8 Å². The molecule has 2 aromatic carbocycles. The quantitative estimate of drug-likeness (QED) is 0.720. The third kappa shape index (κ3) is 3.56. The van der Waals surface area contributed by atoms with Crippen molar-refractivity contribution in [2.75, 3.05) is 0 Å². The molecule has 25 heavy (non-hydrogen) atoms. The average molecular weight is 339 g/mol. The Bertz CT molecular complexity index is 789. The number of aryl methyl sites for hydroxylation is 1. The van der Waals surface area contributed by atoms with Gasteiger partial charge >= 0.3 is 11.9 Å². The molecule has 3 rings (SSSR count). The fourth-order valence-electron chi connectivity index (χ4n) is 3.38. The first-order valence-electron chi connectivity index (χ1n) is 8.31. The van der Waals surface area contributed by atoms with E-state index >= 15 is 0 Å². The Morgan fingerprint density at radius 1 is 1.04 bits per heavy atom. The fraction of sp³-hybridized carbons (Fsp3) is 0.300. The second kappa shape index (κ2) is 6.69. The molecule has 0 aliphatic heterocycles. The van der Waals surface area contributed by atoms with Crippen molar-refractivity contribution in [3.63, 3.8) is 0 Å². The highest BCUT2D eigenvalue weighted by Crippen LogP contribution is 2.47. The molecule has 0 spiro atoms. The summed E-state index contributed by atoms with van der Waals surface area (Å²) < 4.78 is 0. The molecule has 1 fully saturated rings. The van der Waals surface area contributed by atoms with Gasteiger partial charge in [-0.1, -0.05) is 54.6 Å². The maximum atomic E-state index is 11.7. The zero-order chi connectivity index (χ0) is 18.0. The molecule has 1 unspecified atom stereocenters. The van der Waals surface area contributed by atoms with Gasteiger partial charge in [-0.25, -0.2) is 0 Å². The van der Waals surface area contributed by atoms with E-state index in [1.54, 1.807) is 0 Å². The summed E-state index contributed by atoms with van der Waals surface area (Å²) >= 11 is 0.